The summed E-state index contributed by atoms with van der Waals surface area (Å²) in [7, 11) is 1.78. The van der Waals surface area contributed by atoms with E-state index in [0.717, 1.165) is 49.9 Å². The second-order valence-electron chi connectivity index (χ2n) is 8.79. The van der Waals surface area contributed by atoms with Gasteiger partial charge < -0.3 is 24.8 Å². The van der Waals surface area contributed by atoms with E-state index in [0.29, 0.717) is 6.54 Å². The van der Waals surface area contributed by atoms with Gasteiger partial charge in [-0.2, -0.15) is 0 Å². The van der Waals surface area contributed by atoms with Gasteiger partial charge in [-0.3, -0.25) is 9.89 Å². The topological polar surface area (TPSA) is 95.2 Å². The standard InChI is InChI=1S/C23H34N6O3/c1-23(2,3)32-22(30)26-20(18-8-6-5-7-9-18)16-25-21(24-4)29-13-11-28(12-14-29)17-19-10-15-31-27-19/h5-10,15,20H,11-14,16-17H2,1-4H3,(H,24,25)(H,26,30). The van der Waals surface area contributed by atoms with Gasteiger partial charge in [0.1, 0.15) is 11.9 Å². The van der Waals surface area contributed by atoms with Gasteiger partial charge in [-0.1, -0.05) is 35.5 Å². The molecule has 32 heavy (non-hydrogen) atoms. The van der Waals surface area contributed by atoms with Crippen molar-refractivity contribution >= 4 is 12.1 Å². The number of amides is 1. The van der Waals surface area contributed by atoms with Crippen molar-refractivity contribution in [3.8, 4) is 0 Å². The molecule has 0 bridgehead atoms. The van der Waals surface area contributed by atoms with Crippen LogP contribution in [0.5, 0.6) is 0 Å². The van der Waals surface area contributed by atoms with Crippen molar-refractivity contribution in [3.05, 3.63) is 53.9 Å². The van der Waals surface area contributed by atoms with Crippen molar-refractivity contribution < 1.29 is 14.1 Å². The number of ether oxygens (including phenoxy) is 1. The monoisotopic (exact) mass is 442 g/mol. The maximum absolute atomic E-state index is 12.4. The van der Waals surface area contributed by atoms with E-state index in [-0.39, 0.29) is 6.04 Å². The molecule has 174 valence electrons. The molecule has 1 amide bonds. The van der Waals surface area contributed by atoms with E-state index in [2.05, 4.69) is 30.6 Å². The normalized spacial score (nSPS) is 16.5. The highest BCUT2D eigenvalue weighted by Gasteiger charge is 2.23. The van der Waals surface area contributed by atoms with Gasteiger partial charge in [0, 0.05) is 52.4 Å². The lowest BCUT2D eigenvalue weighted by Gasteiger charge is -2.36. The minimum absolute atomic E-state index is 0.253. The molecular weight excluding hydrogens is 408 g/mol. The number of carbonyl (C=O) groups excluding carboxylic acids is 1. The van der Waals surface area contributed by atoms with Crippen LogP contribution in [0.2, 0.25) is 0 Å². The average Bonchev–Trinajstić information content (AvgIpc) is 3.27. The van der Waals surface area contributed by atoms with E-state index in [4.69, 9.17) is 9.26 Å². The number of benzene rings is 1. The molecule has 2 N–H and O–H groups in total. The molecule has 2 aromatic rings. The highest BCUT2D eigenvalue weighted by atomic mass is 16.6. The molecule has 0 radical (unpaired) electrons. The third kappa shape index (κ3) is 7.26. The number of aromatic nitrogens is 1. The van der Waals surface area contributed by atoms with Gasteiger partial charge in [-0.05, 0) is 26.3 Å². The van der Waals surface area contributed by atoms with Crippen LogP contribution in [0.25, 0.3) is 0 Å². The van der Waals surface area contributed by atoms with Crippen LogP contribution in [-0.4, -0.2) is 72.4 Å². The zero-order valence-corrected chi connectivity index (χ0v) is 19.4. The predicted octanol–water partition coefficient (Wildman–Crippen LogP) is 2.63. The van der Waals surface area contributed by atoms with Crippen LogP contribution in [0.4, 0.5) is 4.79 Å². The molecule has 0 saturated carbocycles. The van der Waals surface area contributed by atoms with Crippen molar-refractivity contribution in [2.24, 2.45) is 4.99 Å². The number of hydrogen-bond acceptors (Lipinski definition) is 6. The number of alkyl carbamates (subject to hydrolysis) is 1. The number of aliphatic imine (C=N–C) groups is 1. The van der Waals surface area contributed by atoms with E-state index in [1.165, 1.54) is 0 Å². The molecule has 1 aromatic heterocycles. The molecule has 9 heteroatoms. The Morgan fingerprint density at radius 1 is 1.19 bits per heavy atom. The maximum atomic E-state index is 12.4. The summed E-state index contributed by atoms with van der Waals surface area (Å²) in [4.78, 5) is 21.4. The van der Waals surface area contributed by atoms with Crippen molar-refractivity contribution in [1.29, 1.82) is 0 Å². The molecule has 9 nitrogen and oxygen atoms in total. The minimum Gasteiger partial charge on any atom is -0.444 e. The summed E-state index contributed by atoms with van der Waals surface area (Å²) < 4.78 is 10.4. The first kappa shape index (κ1) is 23.6. The van der Waals surface area contributed by atoms with Gasteiger partial charge in [0.25, 0.3) is 0 Å². The van der Waals surface area contributed by atoms with E-state index < -0.39 is 11.7 Å². The fourth-order valence-electron chi connectivity index (χ4n) is 3.58. The molecule has 2 heterocycles. The number of piperazine rings is 1. The number of nitrogens with zero attached hydrogens (tertiary/aromatic N) is 4. The quantitative estimate of drug-likeness (QED) is 0.524. The van der Waals surface area contributed by atoms with Crippen molar-refractivity contribution in [1.82, 2.24) is 25.6 Å². The van der Waals surface area contributed by atoms with Crippen molar-refractivity contribution in [2.45, 2.75) is 39.0 Å². The molecule has 1 aliphatic rings. The lowest BCUT2D eigenvalue weighted by atomic mass is 10.1. The van der Waals surface area contributed by atoms with E-state index in [1.54, 1.807) is 13.3 Å². The van der Waals surface area contributed by atoms with Gasteiger partial charge >= 0.3 is 6.09 Å². The fraction of sp³-hybridized carbons (Fsp3) is 0.522. The number of rotatable bonds is 6. The first-order valence-corrected chi connectivity index (χ1v) is 11.0. The molecule has 1 atom stereocenters. The Labute approximate surface area is 189 Å². The molecular formula is C23H34N6O3. The van der Waals surface area contributed by atoms with Crippen molar-refractivity contribution in [2.75, 3.05) is 39.8 Å². The fourth-order valence-corrected chi connectivity index (χ4v) is 3.58. The molecule has 1 aliphatic heterocycles. The summed E-state index contributed by atoms with van der Waals surface area (Å²) in [6.45, 7) is 10.4. The zero-order chi connectivity index (χ0) is 23.0. The number of nitrogens with one attached hydrogen (secondary N) is 2. The first-order valence-electron chi connectivity index (χ1n) is 11.0. The van der Waals surface area contributed by atoms with Gasteiger partial charge in [-0.25, -0.2) is 4.79 Å². The van der Waals surface area contributed by atoms with Crippen LogP contribution in [0.1, 0.15) is 38.1 Å². The molecule has 3 rings (SSSR count). The first-order chi connectivity index (χ1) is 15.3. The Kier molecular flexibility index (Phi) is 8.10. The van der Waals surface area contributed by atoms with Crippen LogP contribution in [0.15, 0.2) is 52.2 Å². The Morgan fingerprint density at radius 3 is 2.50 bits per heavy atom. The summed E-state index contributed by atoms with van der Waals surface area (Å²) in [6, 6.07) is 11.5. The van der Waals surface area contributed by atoms with E-state index in [9.17, 15) is 4.79 Å². The Hall–Kier alpha value is -3.07. The van der Waals surface area contributed by atoms with Crippen LogP contribution in [0.3, 0.4) is 0 Å². The molecule has 1 saturated heterocycles. The SMILES string of the molecule is CN=C(NCC(NC(=O)OC(C)(C)C)c1ccccc1)N1CCN(Cc2ccon2)CC1. The smallest absolute Gasteiger partial charge is 0.408 e. The van der Waals surface area contributed by atoms with Crippen LogP contribution in [0, 0.1) is 0 Å². The lowest BCUT2D eigenvalue weighted by molar-refractivity contribution is 0.0504. The molecule has 1 fully saturated rings. The predicted molar refractivity (Wildman–Crippen MR) is 123 cm³/mol. The van der Waals surface area contributed by atoms with E-state index >= 15 is 0 Å². The van der Waals surface area contributed by atoms with Crippen LogP contribution in [-0.2, 0) is 11.3 Å². The van der Waals surface area contributed by atoms with Crippen molar-refractivity contribution in [3.63, 3.8) is 0 Å². The Balaban J connectivity index is 1.56. The van der Waals surface area contributed by atoms with E-state index in [1.807, 2.05) is 57.2 Å². The highest BCUT2D eigenvalue weighted by molar-refractivity contribution is 5.80. The molecule has 0 spiro atoms. The molecule has 1 aromatic carbocycles. The third-order valence-corrected chi connectivity index (χ3v) is 5.12. The second kappa shape index (κ2) is 11.0. The third-order valence-electron chi connectivity index (χ3n) is 5.12. The zero-order valence-electron chi connectivity index (χ0n) is 19.4. The summed E-state index contributed by atoms with van der Waals surface area (Å²) >= 11 is 0. The molecule has 1 unspecified atom stereocenters. The van der Waals surface area contributed by atoms with Crippen LogP contribution < -0.4 is 10.6 Å². The number of carbonyl (C=O) groups is 1. The van der Waals surface area contributed by atoms with Gasteiger partial charge in [0.05, 0.1) is 11.7 Å². The summed E-state index contributed by atoms with van der Waals surface area (Å²) in [5.74, 6) is 0.818. The Morgan fingerprint density at radius 2 is 1.91 bits per heavy atom. The number of hydrogen-bond donors (Lipinski definition) is 2. The minimum atomic E-state index is -0.555. The summed E-state index contributed by atoms with van der Waals surface area (Å²) in [5, 5.41) is 10.4. The van der Waals surface area contributed by atoms with Crippen LogP contribution >= 0.6 is 0 Å². The molecule has 0 aliphatic carbocycles. The summed E-state index contributed by atoms with van der Waals surface area (Å²) in [5.41, 5.74) is 1.39. The lowest BCUT2D eigenvalue weighted by Crippen LogP contribution is -2.53. The van der Waals surface area contributed by atoms with Gasteiger partial charge in [0.15, 0.2) is 5.96 Å². The van der Waals surface area contributed by atoms with Gasteiger partial charge in [0.2, 0.25) is 0 Å². The second-order valence-corrected chi connectivity index (χ2v) is 8.79. The maximum Gasteiger partial charge on any atom is 0.408 e. The average molecular weight is 443 g/mol. The summed E-state index contributed by atoms with van der Waals surface area (Å²) in [6.07, 6.45) is 1.16. The van der Waals surface area contributed by atoms with Gasteiger partial charge in [-0.15, -0.1) is 0 Å². The highest BCUT2D eigenvalue weighted by Crippen LogP contribution is 2.14. The Bertz CT molecular complexity index is 856. The largest absolute Gasteiger partial charge is 0.444 e. The number of guanidine groups is 1.